The molecule has 10 N–H and O–H groups in total. The third kappa shape index (κ3) is 52.0. The molecule has 698 valence electrons. The van der Waals surface area contributed by atoms with Crippen LogP contribution in [0.2, 0.25) is 0 Å². The smallest absolute Gasteiger partial charge is 0.463 e. The molecule has 2 saturated heterocycles. The second kappa shape index (κ2) is 72.0. The van der Waals surface area contributed by atoms with E-state index in [4.69, 9.17) is 46.9 Å². The van der Waals surface area contributed by atoms with Gasteiger partial charge in [0.05, 0.1) is 13.2 Å². The minimum absolute atomic E-state index is 0.0167. The number of esters is 4. The van der Waals surface area contributed by atoms with Crippen molar-refractivity contribution in [1.82, 2.24) is 0 Å². The lowest BCUT2D eigenvalue weighted by atomic mass is 9.84. The highest BCUT2D eigenvalue weighted by molar-refractivity contribution is 7.47. The van der Waals surface area contributed by atoms with Crippen molar-refractivity contribution in [3.8, 4) is 0 Å². The van der Waals surface area contributed by atoms with E-state index in [-0.39, 0.29) is 25.7 Å². The molecule has 3 fully saturated rings. The van der Waals surface area contributed by atoms with E-state index in [0.29, 0.717) is 38.5 Å². The predicted octanol–water partition coefficient (Wildman–Crippen LogP) is 18.1. The maximum atomic E-state index is 14.9. The monoisotopic (exact) mass is 1720 g/mol. The number of rotatable bonds is 78. The van der Waals surface area contributed by atoms with Gasteiger partial charge in [-0.3, -0.25) is 28.2 Å². The van der Waals surface area contributed by atoms with Crippen LogP contribution in [-0.4, -0.2) is 205 Å². The number of aliphatic hydroxyl groups excluding tert-OH is 9. The fraction of sp³-hybridized carbons (Fsp3) is 0.914. The second-order valence-electron chi connectivity index (χ2n) is 34.2. The van der Waals surface area contributed by atoms with E-state index in [1.165, 1.54) is 186 Å². The fourth-order valence-electron chi connectivity index (χ4n) is 15.8. The Hall–Kier alpha value is -3.05. The van der Waals surface area contributed by atoms with Gasteiger partial charge in [-0.05, 0) is 77.0 Å². The molecule has 1 aliphatic carbocycles. The van der Waals surface area contributed by atoms with E-state index in [1.54, 1.807) is 0 Å². The third-order valence-electron chi connectivity index (χ3n) is 23.4. The molecule has 2 aliphatic heterocycles. The summed E-state index contributed by atoms with van der Waals surface area (Å²) >= 11 is 0. The highest BCUT2D eigenvalue weighted by atomic mass is 31.2. The van der Waals surface area contributed by atoms with Gasteiger partial charge in [-0.2, -0.15) is 0 Å². The largest absolute Gasteiger partial charge is 0.472 e. The summed E-state index contributed by atoms with van der Waals surface area (Å²) in [5, 5.41) is 102. The topological polar surface area (TPSA) is 380 Å². The normalized spacial score (nSPS) is 24.9. The van der Waals surface area contributed by atoms with E-state index >= 15 is 0 Å². The van der Waals surface area contributed by atoms with Crippen molar-refractivity contribution in [2.75, 3.05) is 26.4 Å². The zero-order chi connectivity index (χ0) is 86.8. The average Bonchev–Trinajstić information content (AvgIpc) is 0.753. The summed E-state index contributed by atoms with van der Waals surface area (Å²) < 4.78 is 73.5. The number of aliphatic hydroxyl groups is 9. The predicted molar refractivity (Wildman–Crippen MR) is 463 cm³/mol. The highest BCUT2D eigenvalue weighted by Crippen LogP contribution is 2.49. The zero-order valence-electron chi connectivity index (χ0n) is 74.4. The van der Waals surface area contributed by atoms with Gasteiger partial charge in [-0.15, -0.1) is 0 Å². The van der Waals surface area contributed by atoms with Crippen LogP contribution < -0.4 is 0 Å². The molecule has 1 saturated carbocycles. The molecule has 0 radical (unpaired) electrons. The third-order valence-corrected chi connectivity index (χ3v) is 24.4. The molecule has 0 spiro atoms. The van der Waals surface area contributed by atoms with E-state index < -0.39 is 162 Å². The van der Waals surface area contributed by atoms with Crippen LogP contribution in [0.5, 0.6) is 0 Å². The first-order valence-electron chi connectivity index (χ1n) is 48.1. The molecule has 0 aromatic rings. The Kier molecular flexibility index (Phi) is 66.7. The van der Waals surface area contributed by atoms with Crippen LogP contribution in [0.4, 0.5) is 0 Å². The van der Waals surface area contributed by atoms with Crippen LogP contribution >= 0.6 is 7.82 Å². The minimum Gasteiger partial charge on any atom is -0.463 e. The molecule has 0 amide bonds. The molecule has 3 aliphatic rings. The van der Waals surface area contributed by atoms with E-state index in [1.807, 2.05) is 0 Å². The van der Waals surface area contributed by atoms with Gasteiger partial charge in [0.15, 0.2) is 24.8 Å². The molecule has 18 unspecified atom stereocenters. The Morgan fingerprint density at radius 3 is 1.02 bits per heavy atom. The number of phosphoric ester groups is 1. The Labute approximate surface area is 717 Å². The van der Waals surface area contributed by atoms with Gasteiger partial charge >= 0.3 is 31.7 Å². The Balaban J connectivity index is 1.90. The first-order chi connectivity index (χ1) is 57.7. The van der Waals surface area contributed by atoms with E-state index in [0.717, 1.165) is 135 Å². The summed E-state index contributed by atoms with van der Waals surface area (Å²) in [5.74, 6) is -2.98. The van der Waals surface area contributed by atoms with Crippen molar-refractivity contribution < 1.29 is 122 Å². The standard InChI is InChI=1S/C93H171O25P/c1-5-9-13-17-21-25-29-33-36-39-42-45-49-53-57-61-65-76(95)109-70-73(112-78(97)67-63-59-55-51-47-41-32-28-24-20-16-12-8-4)71-111-119(107,108)118-91-89(116-92-86(105)82(101)80(99)74(69-94)113-92)85(104)84(103)88(115-79(98)68-64-60-56-52-48-44-38-35-31-27-23-19-15-11-7-3)90(91)117-93-87(106)83(102)81(100)75(114-93)72-110-77(96)66-62-58-54-50-46-43-40-37-34-30-26-22-18-14-10-6-2/h27,31,41,47,73-75,80-94,99-106H,5-26,28-30,32-40,42-46,48-72H2,1-4H3,(H,107,108)/b31-27-,47-41-. The maximum Gasteiger partial charge on any atom is 0.472 e. The Bertz CT molecular complexity index is 2570. The molecular weight excluding hydrogens is 1550 g/mol. The summed E-state index contributed by atoms with van der Waals surface area (Å²) in [4.78, 5) is 66.5. The fourth-order valence-corrected chi connectivity index (χ4v) is 16.7. The van der Waals surface area contributed by atoms with Crippen molar-refractivity contribution in [3.63, 3.8) is 0 Å². The first kappa shape index (κ1) is 110. The quantitative estimate of drug-likeness (QED) is 0.00889. The number of unbranched alkanes of at least 4 members (excludes halogenated alkanes) is 50. The average molecular weight is 1720 g/mol. The summed E-state index contributed by atoms with van der Waals surface area (Å²) in [6, 6.07) is 0. The van der Waals surface area contributed by atoms with Crippen molar-refractivity contribution >= 4 is 31.7 Å². The highest BCUT2D eigenvalue weighted by Gasteiger charge is 2.60. The minimum atomic E-state index is -5.81. The van der Waals surface area contributed by atoms with Crippen LogP contribution in [0.1, 0.15) is 413 Å². The molecule has 0 aromatic carbocycles. The van der Waals surface area contributed by atoms with Gasteiger partial charge in [-0.1, -0.05) is 335 Å². The van der Waals surface area contributed by atoms with Gasteiger partial charge in [0.25, 0.3) is 0 Å². The Morgan fingerprint density at radius 2 is 0.630 bits per heavy atom. The SMILES string of the molecule is CCCCCC/C=C\CCCCCCCCCC(=O)OC1C(O)C(O)C(OC2OC(CO)C(O)C(O)C2O)C(OP(=O)(O)OCC(COC(=O)CCCCCCCCCCCCCCCCCC)OC(=O)CCCCC/C=C\CCCCCCCC)C1OC1OC(COC(=O)CCCCCCCCCCCCCCCCCC)C(O)C(O)C1O. The van der Waals surface area contributed by atoms with Crippen molar-refractivity contribution in [2.45, 2.75) is 517 Å². The Morgan fingerprint density at radius 1 is 0.328 bits per heavy atom. The van der Waals surface area contributed by atoms with Crippen LogP contribution in [0.15, 0.2) is 24.3 Å². The van der Waals surface area contributed by atoms with Gasteiger partial charge in [0, 0.05) is 25.7 Å². The lowest BCUT2D eigenvalue weighted by molar-refractivity contribution is -0.360. The van der Waals surface area contributed by atoms with Gasteiger partial charge in [-0.25, -0.2) is 4.57 Å². The number of phosphoric acid groups is 1. The number of carbonyl (C=O) groups excluding carboxylic acids is 4. The van der Waals surface area contributed by atoms with E-state index in [9.17, 15) is 74.6 Å². The maximum absolute atomic E-state index is 14.9. The van der Waals surface area contributed by atoms with E-state index in [2.05, 4.69) is 52.0 Å². The van der Waals surface area contributed by atoms with Gasteiger partial charge in [0.2, 0.25) is 0 Å². The summed E-state index contributed by atoms with van der Waals surface area (Å²) in [6.07, 6.45) is 33.0. The van der Waals surface area contributed by atoms with Crippen molar-refractivity contribution in [1.29, 1.82) is 0 Å². The second-order valence-corrected chi connectivity index (χ2v) is 35.6. The molecule has 3 rings (SSSR count). The van der Waals surface area contributed by atoms with Crippen LogP contribution in [0.3, 0.4) is 0 Å². The van der Waals surface area contributed by atoms with Crippen molar-refractivity contribution in [3.05, 3.63) is 24.3 Å². The van der Waals surface area contributed by atoms with Crippen molar-refractivity contribution in [2.24, 2.45) is 0 Å². The molecule has 0 bridgehead atoms. The molecule has 0 aromatic heterocycles. The number of allylic oxidation sites excluding steroid dienone is 4. The van der Waals surface area contributed by atoms with Crippen LogP contribution in [0.25, 0.3) is 0 Å². The zero-order valence-corrected chi connectivity index (χ0v) is 75.3. The molecule has 119 heavy (non-hydrogen) atoms. The molecular formula is C93H171O25P. The summed E-state index contributed by atoms with van der Waals surface area (Å²) in [5.41, 5.74) is 0. The first-order valence-corrected chi connectivity index (χ1v) is 49.6. The van der Waals surface area contributed by atoms with Gasteiger partial charge < -0.3 is 88.7 Å². The molecule has 2 heterocycles. The lowest BCUT2D eigenvalue weighted by Crippen LogP contribution is -2.70. The molecule has 26 heteroatoms. The van der Waals surface area contributed by atoms with Crippen LogP contribution in [0, 0.1) is 0 Å². The molecule has 25 nitrogen and oxygen atoms in total. The lowest BCUT2D eigenvalue weighted by Gasteiger charge is -2.50. The summed E-state index contributed by atoms with van der Waals surface area (Å²) in [7, 11) is -5.81. The van der Waals surface area contributed by atoms with Gasteiger partial charge in [0.1, 0.15) is 92.6 Å². The number of hydrogen-bond acceptors (Lipinski definition) is 24. The number of ether oxygens (including phenoxy) is 8. The number of hydrogen-bond donors (Lipinski definition) is 10. The van der Waals surface area contributed by atoms with Crippen LogP contribution in [-0.2, 0) is 70.7 Å². The summed E-state index contributed by atoms with van der Waals surface area (Å²) in [6.45, 7) is 5.59. The number of carbonyl (C=O) groups is 4. The molecule has 18 atom stereocenters.